The Morgan fingerprint density at radius 1 is 1.27 bits per heavy atom. The molecule has 0 bridgehead atoms. The summed E-state index contributed by atoms with van der Waals surface area (Å²) in [5.41, 5.74) is 0.899. The average Bonchev–Trinajstić information content (AvgIpc) is 2.43. The highest BCUT2D eigenvalue weighted by Crippen LogP contribution is 2.22. The third kappa shape index (κ3) is 8.75. The Bertz CT molecular complexity index is 475. The van der Waals surface area contributed by atoms with Crippen molar-refractivity contribution in [1.82, 2.24) is 10.6 Å². The van der Waals surface area contributed by atoms with Gasteiger partial charge < -0.3 is 15.4 Å². The number of ether oxygens (including phenoxy) is 1. The van der Waals surface area contributed by atoms with Crippen LogP contribution in [0.4, 0.5) is 13.2 Å². The summed E-state index contributed by atoms with van der Waals surface area (Å²) in [5.74, 6) is 0.426. The molecular weight excluding hydrogens is 410 g/mol. The van der Waals surface area contributed by atoms with E-state index in [1.54, 1.807) is 25.3 Å². The number of nitrogens with zero attached hydrogens (tertiary/aromatic N) is 1. The van der Waals surface area contributed by atoms with Gasteiger partial charge in [-0.2, -0.15) is 0 Å². The first kappa shape index (κ1) is 20.6. The zero-order chi connectivity index (χ0) is 15.7. The predicted molar refractivity (Wildman–Crippen MR) is 91.8 cm³/mol. The van der Waals surface area contributed by atoms with Crippen LogP contribution >= 0.6 is 24.0 Å². The summed E-state index contributed by atoms with van der Waals surface area (Å²) < 4.78 is 39.9. The van der Waals surface area contributed by atoms with Gasteiger partial charge in [-0.25, -0.2) is 0 Å². The quantitative estimate of drug-likeness (QED) is 0.316. The van der Waals surface area contributed by atoms with Gasteiger partial charge in [0.1, 0.15) is 5.75 Å². The Morgan fingerprint density at radius 2 is 1.91 bits per heavy atom. The zero-order valence-electron chi connectivity index (χ0n) is 12.1. The Kier molecular flexibility index (Phi) is 9.63. The van der Waals surface area contributed by atoms with E-state index in [0.29, 0.717) is 25.5 Å². The summed E-state index contributed by atoms with van der Waals surface area (Å²) >= 11 is 0. The largest absolute Gasteiger partial charge is 0.573 e. The normalized spacial score (nSPS) is 11.4. The van der Waals surface area contributed by atoms with Gasteiger partial charge in [0.25, 0.3) is 0 Å². The van der Waals surface area contributed by atoms with Crippen LogP contribution in [-0.2, 0) is 6.42 Å². The molecule has 8 heteroatoms. The fourth-order valence-corrected chi connectivity index (χ4v) is 1.57. The molecule has 2 N–H and O–H groups in total. The molecule has 0 fully saturated rings. The molecule has 0 aliphatic rings. The highest BCUT2D eigenvalue weighted by atomic mass is 127. The fraction of sp³-hybridized carbons (Fsp3) is 0.357. The first-order chi connectivity index (χ1) is 9.94. The van der Waals surface area contributed by atoms with Crippen molar-refractivity contribution in [3.63, 3.8) is 0 Å². The summed E-state index contributed by atoms with van der Waals surface area (Å²) in [7, 11) is 1.65. The van der Waals surface area contributed by atoms with Gasteiger partial charge >= 0.3 is 6.36 Å². The minimum atomic E-state index is -4.66. The van der Waals surface area contributed by atoms with E-state index >= 15 is 0 Å². The molecule has 0 heterocycles. The highest BCUT2D eigenvalue weighted by Gasteiger charge is 2.30. The van der Waals surface area contributed by atoms with Crippen molar-refractivity contribution in [2.24, 2.45) is 4.99 Å². The number of nitrogens with one attached hydrogen (secondary N) is 2. The SMILES string of the molecule is C=CCNC(=NC)NCCc1ccc(OC(F)(F)F)cc1.I. The highest BCUT2D eigenvalue weighted by molar-refractivity contribution is 14.0. The molecule has 22 heavy (non-hydrogen) atoms. The number of rotatable bonds is 6. The molecule has 1 aromatic carbocycles. The van der Waals surface area contributed by atoms with E-state index in [4.69, 9.17) is 0 Å². The Labute approximate surface area is 144 Å². The van der Waals surface area contributed by atoms with Crippen LogP contribution in [0.2, 0.25) is 0 Å². The Balaban J connectivity index is 0.00000441. The van der Waals surface area contributed by atoms with Crippen LogP contribution in [-0.4, -0.2) is 32.5 Å². The van der Waals surface area contributed by atoms with Crippen LogP contribution in [0.1, 0.15) is 5.56 Å². The third-order valence-electron chi connectivity index (χ3n) is 2.50. The molecule has 124 valence electrons. The van der Waals surface area contributed by atoms with E-state index in [0.717, 1.165) is 5.56 Å². The standard InChI is InChI=1S/C14H18F3N3O.HI/c1-3-9-19-13(18-2)20-10-8-11-4-6-12(7-5-11)21-14(15,16)17;/h3-7H,1,8-10H2,2H3,(H2,18,19,20);1H. The molecule has 1 rings (SSSR count). The monoisotopic (exact) mass is 429 g/mol. The van der Waals surface area contributed by atoms with Gasteiger partial charge in [-0.3, -0.25) is 4.99 Å². The molecule has 0 aromatic heterocycles. The van der Waals surface area contributed by atoms with Gasteiger partial charge in [-0.1, -0.05) is 18.2 Å². The molecule has 0 aliphatic carbocycles. The lowest BCUT2D eigenvalue weighted by molar-refractivity contribution is -0.274. The van der Waals surface area contributed by atoms with E-state index in [2.05, 4.69) is 26.9 Å². The third-order valence-corrected chi connectivity index (χ3v) is 2.50. The molecule has 0 unspecified atom stereocenters. The van der Waals surface area contributed by atoms with Gasteiger partial charge in [0.05, 0.1) is 0 Å². The van der Waals surface area contributed by atoms with Crippen molar-refractivity contribution >= 4 is 29.9 Å². The second-order valence-electron chi connectivity index (χ2n) is 4.11. The first-order valence-electron chi connectivity index (χ1n) is 6.34. The molecule has 0 radical (unpaired) electrons. The summed E-state index contributed by atoms with van der Waals surface area (Å²) in [6, 6.07) is 5.80. The number of aliphatic imine (C=N–C) groups is 1. The van der Waals surface area contributed by atoms with Crippen LogP contribution in [0.25, 0.3) is 0 Å². The second-order valence-corrected chi connectivity index (χ2v) is 4.11. The van der Waals surface area contributed by atoms with Crippen molar-refractivity contribution in [2.75, 3.05) is 20.1 Å². The maximum absolute atomic E-state index is 12.0. The van der Waals surface area contributed by atoms with Gasteiger partial charge in [0, 0.05) is 20.1 Å². The lowest BCUT2D eigenvalue weighted by atomic mass is 10.1. The number of guanidine groups is 1. The number of alkyl halides is 3. The van der Waals surface area contributed by atoms with E-state index in [-0.39, 0.29) is 29.7 Å². The predicted octanol–water partition coefficient (Wildman–Crippen LogP) is 3.10. The average molecular weight is 429 g/mol. The molecule has 0 amide bonds. The van der Waals surface area contributed by atoms with Crippen molar-refractivity contribution in [3.8, 4) is 5.75 Å². The maximum atomic E-state index is 12.0. The Hall–Kier alpha value is -1.45. The summed E-state index contributed by atoms with van der Waals surface area (Å²) in [6.45, 7) is 4.80. The molecule has 4 nitrogen and oxygen atoms in total. The van der Waals surface area contributed by atoms with E-state index in [1.807, 2.05) is 0 Å². The lowest BCUT2D eigenvalue weighted by Gasteiger charge is -2.11. The molecule has 0 saturated carbocycles. The number of benzene rings is 1. The van der Waals surface area contributed by atoms with Crippen LogP contribution in [0.3, 0.4) is 0 Å². The summed E-state index contributed by atoms with van der Waals surface area (Å²) in [6.07, 6.45) is -2.29. The number of hydrogen-bond acceptors (Lipinski definition) is 2. The van der Waals surface area contributed by atoms with Crippen LogP contribution in [0.5, 0.6) is 5.75 Å². The molecule has 0 atom stereocenters. The maximum Gasteiger partial charge on any atom is 0.573 e. The Morgan fingerprint density at radius 3 is 2.41 bits per heavy atom. The molecular formula is C14H19F3IN3O. The summed E-state index contributed by atoms with van der Waals surface area (Å²) in [5, 5.41) is 6.10. The van der Waals surface area contributed by atoms with Gasteiger partial charge in [-0.05, 0) is 24.1 Å². The van der Waals surface area contributed by atoms with Gasteiger partial charge in [0.15, 0.2) is 5.96 Å². The van der Waals surface area contributed by atoms with Crippen molar-refractivity contribution < 1.29 is 17.9 Å². The van der Waals surface area contributed by atoms with Crippen LogP contribution < -0.4 is 15.4 Å². The van der Waals surface area contributed by atoms with E-state index in [1.165, 1.54) is 12.1 Å². The topological polar surface area (TPSA) is 45.7 Å². The summed E-state index contributed by atoms with van der Waals surface area (Å²) in [4.78, 5) is 4.01. The first-order valence-corrected chi connectivity index (χ1v) is 6.34. The smallest absolute Gasteiger partial charge is 0.406 e. The number of hydrogen-bond donors (Lipinski definition) is 2. The fourth-order valence-electron chi connectivity index (χ4n) is 1.57. The van der Waals surface area contributed by atoms with Crippen molar-refractivity contribution in [3.05, 3.63) is 42.5 Å². The van der Waals surface area contributed by atoms with Crippen molar-refractivity contribution in [2.45, 2.75) is 12.8 Å². The van der Waals surface area contributed by atoms with Crippen molar-refractivity contribution in [1.29, 1.82) is 0 Å². The zero-order valence-corrected chi connectivity index (χ0v) is 14.4. The van der Waals surface area contributed by atoms with Crippen LogP contribution in [0, 0.1) is 0 Å². The number of halogens is 4. The lowest BCUT2D eigenvalue weighted by Crippen LogP contribution is -2.38. The minimum Gasteiger partial charge on any atom is -0.406 e. The van der Waals surface area contributed by atoms with E-state index < -0.39 is 6.36 Å². The molecule has 0 spiro atoms. The molecule has 0 saturated heterocycles. The van der Waals surface area contributed by atoms with E-state index in [9.17, 15) is 13.2 Å². The van der Waals surface area contributed by atoms with Crippen LogP contribution in [0.15, 0.2) is 41.9 Å². The van der Waals surface area contributed by atoms with Gasteiger partial charge in [0.2, 0.25) is 0 Å². The molecule has 0 aliphatic heterocycles. The molecule has 1 aromatic rings. The minimum absolute atomic E-state index is 0. The van der Waals surface area contributed by atoms with Gasteiger partial charge in [-0.15, -0.1) is 43.7 Å². The second kappa shape index (κ2) is 10.3.